The summed E-state index contributed by atoms with van der Waals surface area (Å²) in [6.07, 6.45) is 3.61. The molecular weight excluding hydrogens is 274 g/mol. The Labute approximate surface area is 101 Å². The number of rotatable bonds is 2. The van der Waals surface area contributed by atoms with Gasteiger partial charge in [0.1, 0.15) is 10.8 Å². The van der Waals surface area contributed by atoms with Gasteiger partial charge in [-0.2, -0.15) is 0 Å². The summed E-state index contributed by atoms with van der Waals surface area (Å²) in [6.45, 7) is 0. The number of aromatic nitrogens is 2. The number of halogens is 1. The minimum absolute atomic E-state index is 0.365. The lowest BCUT2D eigenvalue weighted by Crippen LogP contribution is -2.14. The van der Waals surface area contributed by atoms with E-state index < -0.39 is 0 Å². The fourth-order valence-corrected chi connectivity index (χ4v) is 1.69. The summed E-state index contributed by atoms with van der Waals surface area (Å²) in [5.74, 6) is 0.797. The van der Waals surface area contributed by atoms with Crippen LogP contribution in [0.1, 0.15) is 5.69 Å². The van der Waals surface area contributed by atoms with Crippen LogP contribution in [0.5, 0.6) is 0 Å². The molecule has 0 atom stereocenters. The van der Waals surface area contributed by atoms with Gasteiger partial charge in [0.25, 0.3) is 0 Å². The van der Waals surface area contributed by atoms with E-state index in [0.717, 1.165) is 16.0 Å². The standard InChI is InChI=1S/C10H8BrN3S/c11-7-3-4-9(13-6-7)14-5-1-2-8(14)10(12)15/h1-6H,(H2,12,15). The first-order valence-corrected chi connectivity index (χ1v) is 5.47. The summed E-state index contributed by atoms with van der Waals surface area (Å²) >= 11 is 8.28. The molecule has 2 aromatic heterocycles. The predicted molar refractivity (Wildman–Crippen MR) is 67.2 cm³/mol. The molecule has 0 spiro atoms. The van der Waals surface area contributed by atoms with E-state index in [-0.39, 0.29) is 0 Å². The second-order valence-corrected chi connectivity index (χ2v) is 4.32. The highest BCUT2D eigenvalue weighted by Crippen LogP contribution is 2.13. The highest BCUT2D eigenvalue weighted by Gasteiger charge is 2.05. The lowest BCUT2D eigenvalue weighted by atomic mass is 10.4. The van der Waals surface area contributed by atoms with Gasteiger partial charge in [0.05, 0.1) is 5.69 Å². The highest BCUT2D eigenvalue weighted by molar-refractivity contribution is 9.10. The zero-order chi connectivity index (χ0) is 10.8. The zero-order valence-electron chi connectivity index (χ0n) is 7.72. The van der Waals surface area contributed by atoms with Crippen LogP contribution in [0.4, 0.5) is 0 Å². The molecule has 0 radical (unpaired) electrons. The first-order chi connectivity index (χ1) is 7.18. The predicted octanol–water partition coefficient (Wildman–Crippen LogP) is 2.27. The average Bonchev–Trinajstić information content (AvgIpc) is 2.67. The van der Waals surface area contributed by atoms with Gasteiger partial charge in [-0.05, 0) is 40.2 Å². The second kappa shape index (κ2) is 4.12. The molecule has 0 saturated heterocycles. The second-order valence-electron chi connectivity index (χ2n) is 2.96. The van der Waals surface area contributed by atoms with Crippen molar-refractivity contribution < 1.29 is 0 Å². The first-order valence-electron chi connectivity index (χ1n) is 4.27. The van der Waals surface area contributed by atoms with Crippen molar-refractivity contribution in [3.05, 3.63) is 46.8 Å². The van der Waals surface area contributed by atoms with Gasteiger partial charge in [-0.25, -0.2) is 4.98 Å². The first kappa shape index (κ1) is 10.3. The number of nitrogens with two attached hydrogens (primary N) is 1. The molecule has 2 aromatic rings. The molecule has 2 N–H and O–H groups in total. The van der Waals surface area contributed by atoms with Gasteiger partial charge in [0.2, 0.25) is 0 Å². The van der Waals surface area contributed by atoms with Gasteiger partial charge in [-0.3, -0.25) is 4.57 Å². The molecule has 15 heavy (non-hydrogen) atoms. The quantitative estimate of drug-likeness (QED) is 0.859. The minimum Gasteiger partial charge on any atom is -0.388 e. The molecule has 3 nitrogen and oxygen atoms in total. The van der Waals surface area contributed by atoms with Crippen LogP contribution in [0.2, 0.25) is 0 Å². The Kier molecular flexibility index (Phi) is 2.83. The van der Waals surface area contributed by atoms with E-state index in [1.54, 1.807) is 6.20 Å². The Morgan fingerprint density at radius 2 is 2.20 bits per heavy atom. The summed E-state index contributed by atoms with van der Waals surface area (Å²) in [5.41, 5.74) is 6.39. The van der Waals surface area contributed by atoms with Crippen molar-refractivity contribution in [3.8, 4) is 5.82 Å². The highest BCUT2D eigenvalue weighted by atomic mass is 79.9. The largest absolute Gasteiger partial charge is 0.388 e. The fraction of sp³-hybridized carbons (Fsp3) is 0. The van der Waals surface area contributed by atoms with Crippen LogP contribution in [0, 0.1) is 0 Å². The molecule has 0 fully saturated rings. The SMILES string of the molecule is NC(=S)c1cccn1-c1ccc(Br)cn1. The van der Waals surface area contributed by atoms with Gasteiger partial charge in [0, 0.05) is 16.9 Å². The number of hydrogen-bond acceptors (Lipinski definition) is 2. The fourth-order valence-electron chi connectivity index (χ4n) is 1.29. The van der Waals surface area contributed by atoms with Crippen LogP contribution >= 0.6 is 28.1 Å². The zero-order valence-corrected chi connectivity index (χ0v) is 10.1. The lowest BCUT2D eigenvalue weighted by Gasteiger charge is -2.06. The lowest BCUT2D eigenvalue weighted by molar-refractivity contribution is 0.994. The van der Waals surface area contributed by atoms with Crippen molar-refractivity contribution in [2.24, 2.45) is 5.73 Å². The van der Waals surface area contributed by atoms with Crippen LogP contribution in [0.25, 0.3) is 5.82 Å². The smallest absolute Gasteiger partial charge is 0.137 e. The van der Waals surface area contributed by atoms with Crippen LogP contribution in [0.3, 0.4) is 0 Å². The van der Waals surface area contributed by atoms with Gasteiger partial charge in [-0.1, -0.05) is 12.2 Å². The van der Waals surface area contributed by atoms with Crippen molar-refractivity contribution in [2.75, 3.05) is 0 Å². The Hall–Kier alpha value is -1.20. The van der Waals surface area contributed by atoms with E-state index in [9.17, 15) is 0 Å². The van der Waals surface area contributed by atoms with Crippen molar-refractivity contribution in [3.63, 3.8) is 0 Å². The number of pyridine rings is 1. The van der Waals surface area contributed by atoms with Crippen LogP contribution in [-0.4, -0.2) is 14.5 Å². The number of hydrogen-bond donors (Lipinski definition) is 1. The van der Waals surface area contributed by atoms with E-state index in [2.05, 4.69) is 20.9 Å². The summed E-state index contributed by atoms with van der Waals surface area (Å²) < 4.78 is 2.80. The van der Waals surface area contributed by atoms with Crippen LogP contribution < -0.4 is 5.73 Å². The molecule has 2 rings (SSSR count). The van der Waals surface area contributed by atoms with Gasteiger partial charge >= 0.3 is 0 Å². The third-order valence-electron chi connectivity index (χ3n) is 1.96. The molecule has 0 aliphatic heterocycles. The average molecular weight is 282 g/mol. The van der Waals surface area contributed by atoms with Crippen LogP contribution in [0.15, 0.2) is 41.1 Å². The maximum Gasteiger partial charge on any atom is 0.137 e. The minimum atomic E-state index is 0.365. The molecule has 0 aliphatic rings. The van der Waals surface area contributed by atoms with E-state index in [1.165, 1.54) is 0 Å². The molecule has 0 aliphatic carbocycles. The summed E-state index contributed by atoms with van der Waals surface area (Å²) in [4.78, 5) is 4.63. The molecule has 0 aromatic carbocycles. The van der Waals surface area contributed by atoms with Gasteiger partial charge < -0.3 is 5.73 Å². The van der Waals surface area contributed by atoms with E-state index in [0.29, 0.717) is 4.99 Å². The van der Waals surface area contributed by atoms with E-state index >= 15 is 0 Å². The maximum atomic E-state index is 5.60. The van der Waals surface area contributed by atoms with Crippen molar-refractivity contribution in [2.45, 2.75) is 0 Å². The van der Waals surface area contributed by atoms with Crippen molar-refractivity contribution >= 4 is 33.1 Å². The Bertz CT molecular complexity index is 490. The summed E-state index contributed by atoms with van der Waals surface area (Å²) in [6, 6.07) is 7.57. The molecule has 76 valence electrons. The Morgan fingerprint density at radius 1 is 1.40 bits per heavy atom. The molecule has 0 unspecified atom stereocenters. The molecule has 5 heteroatoms. The normalized spacial score (nSPS) is 10.2. The summed E-state index contributed by atoms with van der Waals surface area (Å²) in [5, 5.41) is 0. The maximum absolute atomic E-state index is 5.60. The molecule has 2 heterocycles. The Balaban J connectivity index is 2.49. The molecule has 0 amide bonds. The van der Waals surface area contributed by atoms with Crippen molar-refractivity contribution in [1.82, 2.24) is 9.55 Å². The summed E-state index contributed by atoms with van der Waals surface area (Å²) in [7, 11) is 0. The monoisotopic (exact) mass is 281 g/mol. The van der Waals surface area contributed by atoms with Gasteiger partial charge in [-0.15, -0.1) is 0 Å². The molecule has 0 saturated carbocycles. The van der Waals surface area contributed by atoms with E-state index in [4.69, 9.17) is 18.0 Å². The van der Waals surface area contributed by atoms with E-state index in [1.807, 2.05) is 35.0 Å². The van der Waals surface area contributed by atoms with Gasteiger partial charge in [0.15, 0.2) is 0 Å². The third-order valence-corrected chi connectivity index (χ3v) is 2.64. The molecular formula is C10H8BrN3S. The Morgan fingerprint density at radius 3 is 2.80 bits per heavy atom. The molecule has 0 bridgehead atoms. The topological polar surface area (TPSA) is 43.8 Å². The van der Waals surface area contributed by atoms with Crippen LogP contribution in [-0.2, 0) is 0 Å². The third kappa shape index (κ3) is 2.08. The number of nitrogens with zero attached hydrogens (tertiary/aromatic N) is 2. The van der Waals surface area contributed by atoms with Crippen molar-refractivity contribution in [1.29, 1.82) is 0 Å². The number of thiocarbonyl (C=S) groups is 1.